The molecule has 0 saturated carbocycles. The summed E-state index contributed by atoms with van der Waals surface area (Å²) in [6, 6.07) is 38.5. The zero-order valence-corrected chi connectivity index (χ0v) is 19.8. The molecule has 0 aliphatic heterocycles. The highest BCUT2D eigenvalue weighted by atomic mass is 14.9. The topological polar surface area (TPSA) is 4.41 Å². The molecule has 0 radical (unpaired) electrons. The minimum Gasteiger partial charge on any atom is -0.308 e. The van der Waals surface area contributed by atoms with Crippen LogP contribution in [-0.2, 0) is 0 Å². The van der Waals surface area contributed by atoms with Gasteiger partial charge >= 0.3 is 0 Å². The molecule has 1 heteroatoms. The number of nitrogens with zero attached hydrogens (tertiary/aromatic N) is 1. The molecule has 0 unspecified atom stereocenters. The molecule has 0 spiro atoms. The van der Waals surface area contributed by atoms with Crippen molar-refractivity contribution in [3.05, 3.63) is 114 Å². The summed E-state index contributed by atoms with van der Waals surface area (Å²) < 4.78 is 2.50. The van der Waals surface area contributed by atoms with Gasteiger partial charge in [0.1, 0.15) is 0 Å². The predicted octanol–water partition coefficient (Wildman–Crippen LogP) is 9.43. The number of fused-ring (bicyclic) bond motifs is 8. The van der Waals surface area contributed by atoms with Crippen molar-refractivity contribution in [1.82, 2.24) is 4.40 Å². The minimum absolute atomic E-state index is 1.28. The van der Waals surface area contributed by atoms with Crippen molar-refractivity contribution in [2.24, 2.45) is 0 Å². The van der Waals surface area contributed by atoms with Gasteiger partial charge in [-0.2, -0.15) is 0 Å². The van der Waals surface area contributed by atoms with E-state index >= 15 is 0 Å². The molecule has 164 valence electrons. The van der Waals surface area contributed by atoms with Crippen LogP contribution in [0.4, 0.5) is 0 Å². The van der Waals surface area contributed by atoms with Crippen molar-refractivity contribution in [3.8, 4) is 11.1 Å². The highest BCUT2D eigenvalue weighted by Gasteiger charge is 2.20. The van der Waals surface area contributed by atoms with Crippen molar-refractivity contribution in [2.75, 3.05) is 0 Å². The monoisotopic (exact) mass is 445 g/mol. The molecule has 8 aromatic rings. The van der Waals surface area contributed by atoms with E-state index in [9.17, 15) is 0 Å². The van der Waals surface area contributed by atoms with Crippen LogP contribution < -0.4 is 0 Å². The first kappa shape index (κ1) is 19.0. The Labute approximate surface area is 203 Å². The van der Waals surface area contributed by atoms with Crippen molar-refractivity contribution < 1.29 is 0 Å². The van der Waals surface area contributed by atoms with Crippen LogP contribution >= 0.6 is 0 Å². The van der Waals surface area contributed by atoms with Gasteiger partial charge in [-0.15, -0.1) is 0 Å². The molecule has 0 fully saturated rings. The van der Waals surface area contributed by atoms with E-state index in [-0.39, 0.29) is 0 Å². The number of hydrogen-bond donors (Lipinski definition) is 0. The molecule has 35 heavy (non-hydrogen) atoms. The fourth-order valence-corrected chi connectivity index (χ4v) is 6.21. The maximum Gasteiger partial charge on any atom is 0.0620 e. The lowest BCUT2D eigenvalue weighted by Gasteiger charge is -2.09. The minimum atomic E-state index is 1.28. The molecule has 0 N–H and O–H groups in total. The summed E-state index contributed by atoms with van der Waals surface area (Å²) in [7, 11) is 0. The van der Waals surface area contributed by atoms with Crippen LogP contribution in [0.25, 0.3) is 70.8 Å². The van der Waals surface area contributed by atoms with Crippen molar-refractivity contribution in [2.45, 2.75) is 13.8 Å². The Morgan fingerprint density at radius 2 is 1.00 bits per heavy atom. The van der Waals surface area contributed by atoms with Crippen LogP contribution in [0, 0.1) is 13.8 Å². The Bertz CT molecular complexity index is 2000. The number of aromatic nitrogens is 1. The molecular weight excluding hydrogens is 422 g/mol. The van der Waals surface area contributed by atoms with Gasteiger partial charge in [-0.25, -0.2) is 0 Å². The van der Waals surface area contributed by atoms with Crippen LogP contribution in [0.15, 0.2) is 103 Å². The third-order valence-electron chi connectivity index (χ3n) is 7.82. The van der Waals surface area contributed by atoms with E-state index in [1.54, 1.807) is 0 Å². The largest absolute Gasteiger partial charge is 0.308 e. The third-order valence-corrected chi connectivity index (χ3v) is 7.82. The molecular formula is C34H23N. The molecule has 1 nitrogen and oxygen atoms in total. The summed E-state index contributed by atoms with van der Waals surface area (Å²) in [6.45, 7) is 4.39. The van der Waals surface area contributed by atoms with Gasteiger partial charge in [-0.1, -0.05) is 72.3 Å². The Kier molecular flexibility index (Phi) is 3.59. The quantitative estimate of drug-likeness (QED) is 0.237. The van der Waals surface area contributed by atoms with Gasteiger partial charge < -0.3 is 4.40 Å². The number of aryl methyl sites for hydroxylation is 2. The van der Waals surface area contributed by atoms with E-state index in [2.05, 4.69) is 121 Å². The number of rotatable bonds is 1. The standard InChI is InChI=1S/C34H23N/c1-20-11-12-27(21(2)13-20)26-16-30-28-14-22-7-3-5-9-24(22)18-32(28)35-33-19-25-10-6-4-8-23(25)15-29(33)31(17-26)34(30)35/h3-19H,1-2H3. The van der Waals surface area contributed by atoms with Gasteiger partial charge in [0.05, 0.1) is 16.6 Å². The van der Waals surface area contributed by atoms with Gasteiger partial charge in [-0.05, 0) is 88.5 Å². The average molecular weight is 446 g/mol. The lowest BCUT2D eigenvalue weighted by Crippen LogP contribution is -1.85. The first-order valence-corrected chi connectivity index (χ1v) is 12.3. The Morgan fingerprint density at radius 1 is 0.486 bits per heavy atom. The van der Waals surface area contributed by atoms with E-state index in [1.807, 2.05) is 0 Å². The van der Waals surface area contributed by atoms with Gasteiger partial charge in [0.2, 0.25) is 0 Å². The highest BCUT2D eigenvalue weighted by molar-refractivity contribution is 6.27. The fourth-order valence-electron chi connectivity index (χ4n) is 6.21. The zero-order chi connectivity index (χ0) is 23.3. The van der Waals surface area contributed by atoms with Crippen molar-refractivity contribution in [3.63, 3.8) is 0 Å². The highest BCUT2D eigenvalue weighted by Crippen LogP contribution is 2.44. The van der Waals surface area contributed by atoms with E-state index in [1.165, 1.54) is 81.9 Å². The summed E-state index contributed by atoms with van der Waals surface area (Å²) in [5.74, 6) is 0. The molecule has 2 heterocycles. The molecule has 8 rings (SSSR count). The van der Waals surface area contributed by atoms with Crippen molar-refractivity contribution in [1.29, 1.82) is 0 Å². The zero-order valence-electron chi connectivity index (χ0n) is 19.8. The van der Waals surface area contributed by atoms with E-state index < -0.39 is 0 Å². The second-order valence-corrected chi connectivity index (χ2v) is 10.0. The molecule has 0 aliphatic rings. The summed E-state index contributed by atoms with van der Waals surface area (Å²) >= 11 is 0. The summed E-state index contributed by atoms with van der Waals surface area (Å²) in [6.07, 6.45) is 0. The van der Waals surface area contributed by atoms with Crippen LogP contribution in [-0.4, -0.2) is 4.40 Å². The lowest BCUT2D eigenvalue weighted by molar-refractivity contribution is 1.37. The van der Waals surface area contributed by atoms with Gasteiger partial charge in [0, 0.05) is 21.5 Å². The average Bonchev–Trinajstić information content (AvgIpc) is 3.36. The summed E-state index contributed by atoms with van der Waals surface area (Å²) in [4.78, 5) is 0. The maximum atomic E-state index is 2.50. The Hall–Kier alpha value is -4.36. The molecule has 6 aromatic carbocycles. The first-order valence-electron chi connectivity index (χ1n) is 12.3. The Morgan fingerprint density at radius 3 is 1.51 bits per heavy atom. The second-order valence-electron chi connectivity index (χ2n) is 10.0. The van der Waals surface area contributed by atoms with Crippen LogP contribution in [0.1, 0.15) is 11.1 Å². The van der Waals surface area contributed by atoms with E-state index in [0.717, 1.165) is 0 Å². The molecule has 0 saturated heterocycles. The normalized spacial score (nSPS) is 12.3. The first-order chi connectivity index (χ1) is 17.2. The predicted molar refractivity (Wildman–Crippen MR) is 151 cm³/mol. The van der Waals surface area contributed by atoms with Crippen LogP contribution in [0.2, 0.25) is 0 Å². The smallest absolute Gasteiger partial charge is 0.0620 e. The molecule has 0 atom stereocenters. The molecule has 2 aromatic heterocycles. The number of benzene rings is 6. The van der Waals surface area contributed by atoms with Gasteiger partial charge in [0.15, 0.2) is 0 Å². The second kappa shape index (κ2) is 6.61. The third kappa shape index (κ3) is 2.53. The molecule has 0 amide bonds. The van der Waals surface area contributed by atoms with Crippen molar-refractivity contribution >= 4 is 59.6 Å². The van der Waals surface area contributed by atoms with Gasteiger partial charge in [-0.3, -0.25) is 0 Å². The summed E-state index contributed by atoms with van der Waals surface area (Å²) in [5.41, 5.74) is 9.12. The van der Waals surface area contributed by atoms with E-state index in [4.69, 9.17) is 0 Å². The fraction of sp³-hybridized carbons (Fsp3) is 0.0588. The molecule has 0 aliphatic carbocycles. The summed E-state index contributed by atoms with van der Waals surface area (Å²) in [5, 5.41) is 10.5. The molecule has 0 bridgehead atoms. The Balaban J connectivity index is 1.63. The van der Waals surface area contributed by atoms with Crippen LogP contribution in [0.5, 0.6) is 0 Å². The van der Waals surface area contributed by atoms with Gasteiger partial charge in [0.25, 0.3) is 0 Å². The lowest BCUT2D eigenvalue weighted by atomic mass is 9.95. The van der Waals surface area contributed by atoms with E-state index in [0.29, 0.717) is 0 Å². The SMILES string of the molecule is Cc1ccc(-c2cc3c4cc5ccccc5cc4n4c5cc6ccccc6cc5c(c2)c34)c(C)c1. The van der Waals surface area contributed by atoms with Crippen LogP contribution in [0.3, 0.4) is 0 Å². The maximum absolute atomic E-state index is 2.50. The number of hydrogen-bond acceptors (Lipinski definition) is 0.